The van der Waals surface area contributed by atoms with Gasteiger partial charge in [-0.05, 0) is 86.5 Å². The fourth-order valence-electron chi connectivity index (χ4n) is 10.1. The number of rotatable bonds is 2. The average molecular weight is 559 g/mol. The Morgan fingerprint density at radius 1 is 1.10 bits per heavy atom. The number of hydrogen-bond acceptors (Lipinski definition) is 5. The summed E-state index contributed by atoms with van der Waals surface area (Å²) in [5, 5.41) is 34.8. The highest BCUT2D eigenvalue weighted by Crippen LogP contribution is 2.73. The number of carbonyl (C=O) groups excluding carboxylic acids is 2. The summed E-state index contributed by atoms with van der Waals surface area (Å²) in [7, 11) is 0. The molecule has 0 saturated heterocycles. The summed E-state index contributed by atoms with van der Waals surface area (Å²) in [5.41, 5.74) is -3.17. The van der Waals surface area contributed by atoms with Gasteiger partial charge in [-0.25, -0.2) is 0 Å². The maximum atomic E-state index is 14.4. The van der Waals surface area contributed by atoms with Gasteiger partial charge in [-0.2, -0.15) is 14.0 Å². The third-order valence-electron chi connectivity index (χ3n) is 12.6. The van der Waals surface area contributed by atoms with Crippen LogP contribution in [0.4, 0.5) is 8.78 Å². The van der Waals surface area contributed by atoms with Crippen LogP contribution in [-0.4, -0.2) is 39.0 Å². The molecule has 5 rings (SSSR count). The Morgan fingerprint density at radius 3 is 2.33 bits per heavy atom. The zero-order valence-electron chi connectivity index (χ0n) is 24.9. The van der Waals surface area contributed by atoms with E-state index in [2.05, 4.69) is 39.1 Å². The van der Waals surface area contributed by atoms with E-state index in [1.165, 1.54) is 0 Å². The number of alkyl halides is 2. The molecule has 0 radical (unpaired) electrons. The number of allylic oxidation sites excluding steroid dienone is 3. The summed E-state index contributed by atoms with van der Waals surface area (Å²) in [4.78, 5) is 27.1. The van der Waals surface area contributed by atoms with Gasteiger partial charge >= 0.3 is 5.92 Å². The molecule has 220 valence electrons. The fourth-order valence-corrected chi connectivity index (χ4v) is 10.1. The van der Waals surface area contributed by atoms with Crippen molar-refractivity contribution in [2.24, 2.45) is 39.4 Å². The number of ketones is 1. The molecule has 0 spiro atoms. The lowest BCUT2D eigenvalue weighted by atomic mass is 9.35. The van der Waals surface area contributed by atoms with Crippen molar-refractivity contribution in [3.63, 3.8) is 0 Å². The van der Waals surface area contributed by atoms with Gasteiger partial charge in [0.1, 0.15) is 11.4 Å². The lowest BCUT2D eigenvalue weighted by Gasteiger charge is -2.69. The molecular formula is C32H44F2N2O4. The molecule has 5 aliphatic rings. The van der Waals surface area contributed by atoms with Crippen LogP contribution >= 0.6 is 0 Å². The molecule has 0 heterocycles. The van der Waals surface area contributed by atoms with Crippen LogP contribution < -0.4 is 5.32 Å². The summed E-state index contributed by atoms with van der Waals surface area (Å²) in [6.07, 6.45) is 6.36. The van der Waals surface area contributed by atoms with Crippen LogP contribution in [0.5, 0.6) is 0 Å². The summed E-state index contributed by atoms with van der Waals surface area (Å²) < 4.78 is 28.3. The average Bonchev–Trinajstić information content (AvgIpc) is 2.83. The predicted octanol–water partition coefficient (Wildman–Crippen LogP) is 6.16. The first-order valence-corrected chi connectivity index (χ1v) is 14.7. The van der Waals surface area contributed by atoms with Gasteiger partial charge in [0.2, 0.25) is 0 Å². The zero-order valence-corrected chi connectivity index (χ0v) is 24.9. The van der Waals surface area contributed by atoms with Gasteiger partial charge in [-0.15, -0.1) is 0 Å². The van der Waals surface area contributed by atoms with E-state index in [0.29, 0.717) is 45.4 Å². The third-order valence-corrected chi connectivity index (χ3v) is 12.6. The van der Waals surface area contributed by atoms with Crippen LogP contribution in [0.3, 0.4) is 0 Å². The van der Waals surface area contributed by atoms with Gasteiger partial charge in [0.15, 0.2) is 5.78 Å². The van der Waals surface area contributed by atoms with Crippen LogP contribution in [0, 0.1) is 50.7 Å². The van der Waals surface area contributed by atoms with E-state index in [4.69, 9.17) is 0 Å². The second kappa shape index (κ2) is 8.40. The van der Waals surface area contributed by atoms with Crippen molar-refractivity contribution in [3.8, 4) is 6.07 Å². The Labute approximate surface area is 236 Å². The topological polar surface area (TPSA) is 110 Å². The van der Waals surface area contributed by atoms with E-state index in [9.17, 15) is 33.8 Å². The number of fused-ring (bicyclic) bond motifs is 7. The first kappa shape index (κ1) is 29.2. The van der Waals surface area contributed by atoms with Gasteiger partial charge < -0.3 is 15.5 Å². The van der Waals surface area contributed by atoms with E-state index in [1.807, 2.05) is 6.92 Å². The Morgan fingerprint density at radius 2 is 1.73 bits per heavy atom. The Hall–Kier alpha value is -2.27. The molecule has 40 heavy (non-hydrogen) atoms. The molecule has 1 amide bonds. The van der Waals surface area contributed by atoms with E-state index >= 15 is 0 Å². The van der Waals surface area contributed by atoms with E-state index in [0.717, 1.165) is 12.0 Å². The second-order valence-electron chi connectivity index (χ2n) is 15.4. The van der Waals surface area contributed by atoms with Crippen LogP contribution in [-0.2, 0) is 9.59 Å². The Bertz CT molecular complexity index is 1270. The number of halogens is 2. The Balaban J connectivity index is 1.65. The Kier molecular flexibility index (Phi) is 6.14. The van der Waals surface area contributed by atoms with Crippen molar-refractivity contribution >= 4 is 11.7 Å². The van der Waals surface area contributed by atoms with Crippen LogP contribution in [0.1, 0.15) is 99.8 Å². The lowest BCUT2D eigenvalue weighted by molar-refractivity contribution is -0.172. The number of nitriles is 1. The molecule has 0 aromatic rings. The first-order chi connectivity index (χ1) is 18.2. The number of aliphatic hydroxyl groups excluding tert-OH is 1. The number of nitrogens with one attached hydrogen (secondary N) is 1. The maximum Gasteiger partial charge on any atom is 0.321 e. The summed E-state index contributed by atoms with van der Waals surface area (Å²) >= 11 is 0. The third kappa shape index (κ3) is 3.71. The number of carbonyl (C=O) groups is 2. The van der Waals surface area contributed by atoms with Crippen molar-refractivity contribution in [1.82, 2.24) is 5.32 Å². The van der Waals surface area contributed by atoms with Crippen molar-refractivity contribution in [2.75, 3.05) is 0 Å². The standard InChI is InChI=1S/C32H44F2N2O4/c1-26(2)10-12-32(36-25(39)31(7,33)34)13-11-29(5)23(19(32)16-26)20(37)14-22-27(3)15-18(17-35)24(38)30(6,40)21(27)8-9-28(22,29)4/h14,19,21,23,38,40H,8-13,15-16H2,1-7H3,(H,36,39)/t19-,21+,23-,27-,28+,29+,30-,32-/m0/s1. The SMILES string of the molecule is CC1(C)CC[C@]2(NC(=O)C(C)(F)F)CC[C@]3(C)[C@H](C(=O)C=C4[C@@]5(C)CC(C#N)=C(O)[C@@](C)(O)[C@@H]5CC[C@]43C)[C@@H]2C1. The number of hydrogen-bond donors (Lipinski definition) is 3. The quantitative estimate of drug-likeness (QED) is 0.376. The molecule has 0 aromatic heterocycles. The van der Waals surface area contributed by atoms with Crippen LogP contribution in [0.2, 0.25) is 0 Å². The number of aliphatic hydroxyl groups is 2. The van der Waals surface area contributed by atoms with Gasteiger partial charge in [0.25, 0.3) is 5.91 Å². The first-order valence-electron chi connectivity index (χ1n) is 14.7. The smallest absolute Gasteiger partial charge is 0.321 e. The molecule has 0 bridgehead atoms. The summed E-state index contributed by atoms with van der Waals surface area (Å²) in [5.74, 6) is -6.23. The van der Waals surface area contributed by atoms with Crippen molar-refractivity contribution < 1.29 is 28.6 Å². The summed E-state index contributed by atoms with van der Waals surface area (Å²) in [6.45, 7) is 12.8. The predicted molar refractivity (Wildman–Crippen MR) is 146 cm³/mol. The van der Waals surface area contributed by atoms with Gasteiger partial charge in [0.05, 0.1) is 11.6 Å². The zero-order chi connectivity index (χ0) is 29.9. The maximum absolute atomic E-state index is 14.4. The monoisotopic (exact) mass is 558 g/mol. The molecule has 3 N–H and O–H groups in total. The number of amides is 1. The molecule has 8 atom stereocenters. The highest BCUT2D eigenvalue weighted by molar-refractivity contribution is 5.96. The van der Waals surface area contributed by atoms with E-state index in [1.54, 1.807) is 13.0 Å². The minimum Gasteiger partial charge on any atom is -0.508 e. The molecule has 0 aromatic carbocycles. The second-order valence-corrected chi connectivity index (χ2v) is 15.4. The molecule has 3 fully saturated rings. The molecule has 5 aliphatic carbocycles. The highest BCUT2D eigenvalue weighted by atomic mass is 19.3. The molecule has 3 saturated carbocycles. The van der Waals surface area contributed by atoms with Crippen molar-refractivity contribution in [2.45, 2.75) is 117 Å². The van der Waals surface area contributed by atoms with Gasteiger partial charge in [-0.1, -0.05) is 40.2 Å². The summed E-state index contributed by atoms with van der Waals surface area (Å²) in [6, 6.07) is 2.09. The van der Waals surface area contributed by atoms with Crippen LogP contribution in [0.25, 0.3) is 0 Å². The van der Waals surface area contributed by atoms with Gasteiger partial charge in [0, 0.05) is 29.7 Å². The molecule has 0 aliphatic heterocycles. The molecule has 0 unspecified atom stereocenters. The van der Waals surface area contributed by atoms with E-state index in [-0.39, 0.29) is 40.8 Å². The largest absolute Gasteiger partial charge is 0.508 e. The fraction of sp³-hybridized carbons (Fsp3) is 0.781. The number of nitrogens with zero attached hydrogens (tertiary/aromatic N) is 1. The van der Waals surface area contributed by atoms with E-state index < -0.39 is 45.1 Å². The van der Waals surface area contributed by atoms with Crippen molar-refractivity contribution in [1.29, 1.82) is 5.26 Å². The minimum atomic E-state index is -3.51. The van der Waals surface area contributed by atoms with Crippen molar-refractivity contribution in [3.05, 3.63) is 23.0 Å². The molecular weight excluding hydrogens is 514 g/mol. The molecule has 6 nitrogen and oxygen atoms in total. The minimum absolute atomic E-state index is 0.0574. The molecule has 8 heteroatoms. The highest BCUT2D eigenvalue weighted by Gasteiger charge is 2.70. The van der Waals surface area contributed by atoms with Gasteiger partial charge in [-0.3, -0.25) is 9.59 Å². The van der Waals surface area contributed by atoms with Crippen LogP contribution in [0.15, 0.2) is 23.0 Å². The lowest BCUT2D eigenvalue weighted by Crippen LogP contribution is -2.70. The normalized spacial score (nSPS) is 46.2.